The van der Waals surface area contributed by atoms with Gasteiger partial charge in [0.15, 0.2) is 0 Å². The van der Waals surface area contributed by atoms with Crippen LogP contribution in [0.15, 0.2) is 24.3 Å². The average Bonchev–Trinajstić information content (AvgIpc) is 2.64. The SMILES string of the molecule is CC(C)N1C(=O)CC(N)C1c1ccc(N(C)C)cc1. The van der Waals surface area contributed by atoms with Crippen molar-refractivity contribution in [3.63, 3.8) is 0 Å². The molecule has 2 N–H and O–H groups in total. The number of carbonyl (C=O) groups is 1. The molecule has 0 aliphatic carbocycles. The van der Waals surface area contributed by atoms with Crippen molar-refractivity contribution in [3.8, 4) is 0 Å². The second-order valence-electron chi connectivity index (χ2n) is 5.69. The molecule has 104 valence electrons. The lowest BCUT2D eigenvalue weighted by Gasteiger charge is -2.31. The molecule has 1 amide bonds. The summed E-state index contributed by atoms with van der Waals surface area (Å²) in [6.45, 7) is 4.08. The molecule has 1 fully saturated rings. The molecular formula is C15H23N3O. The summed E-state index contributed by atoms with van der Waals surface area (Å²) < 4.78 is 0. The van der Waals surface area contributed by atoms with E-state index in [4.69, 9.17) is 5.73 Å². The zero-order valence-electron chi connectivity index (χ0n) is 12.1. The summed E-state index contributed by atoms with van der Waals surface area (Å²) in [6, 6.07) is 8.37. The standard InChI is InChI=1S/C15H23N3O/c1-10(2)18-14(19)9-13(16)15(18)11-5-7-12(8-6-11)17(3)4/h5-8,10,13,15H,9,16H2,1-4H3. The van der Waals surface area contributed by atoms with Gasteiger partial charge in [0, 0.05) is 38.3 Å². The summed E-state index contributed by atoms with van der Waals surface area (Å²) in [5, 5.41) is 0. The summed E-state index contributed by atoms with van der Waals surface area (Å²) >= 11 is 0. The van der Waals surface area contributed by atoms with Gasteiger partial charge in [0.25, 0.3) is 0 Å². The summed E-state index contributed by atoms with van der Waals surface area (Å²) in [4.78, 5) is 16.0. The van der Waals surface area contributed by atoms with Gasteiger partial charge in [-0.2, -0.15) is 0 Å². The smallest absolute Gasteiger partial charge is 0.225 e. The van der Waals surface area contributed by atoms with E-state index in [1.807, 2.05) is 32.8 Å². The lowest BCUT2D eigenvalue weighted by Crippen LogP contribution is -2.37. The Labute approximate surface area is 115 Å². The second kappa shape index (κ2) is 5.21. The molecule has 4 nitrogen and oxygen atoms in total. The summed E-state index contributed by atoms with van der Waals surface area (Å²) in [5.41, 5.74) is 8.43. The minimum atomic E-state index is -0.111. The normalized spacial score (nSPS) is 23.3. The topological polar surface area (TPSA) is 49.6 Å². The first-order valence-corrected chi connectivity index (χ1v) is 6.76. The molecule has 1 aliphatic heterocycles. The fraction of sp³-hybridized carbons (Fsp3) is 0.533. The van der Waals surface area contributed by atoms with Crippen LogP contribution in [0.5, 0.6) is 0 Å². The van der Waals surface area contributed by atoms with Crippen molar-refractivity contribution in [3.05, 3.63) is 29.8 Å². The van der Waals surface area contributed by atoms with Crippen LogP contribution in [-0.4, -0.2) is 37.0 Å². The fourth-order valence-electron chi connectivity index (χ4n) is 2.77. The van der Waals surface area contributed by atoms with E-state index in [1.54, 1.807) is 0 Å². The molecule has 0 bridgehead atoms. The Hall–Kier alpha value is -1.55. The van der Waals surface area contributed by atoms with Gasteiger partial charge < -0.3 is 15.5 Å². The van der Waals surface area contributed by atoms with E-state index in [0.717, 1.165) is 11.3 Å². The highest BCUT2D eigenvalue weighted by Gasteiger charge is 2.39. The van der Waals surface area contributed by atoms with Crippen molar-refractivity contribution < 1.29 is 4.79 Å². The highest BCUT2D eigenvalue weighted by atomic mass is 16.2. The van der Waals surface area contributed by atoms with E-state index in [9.17, 15) is 4.79 Å². The van der Waals surface area contributed by atoms with E-state index >= 15 is 0 Å². The first-order valence-electron chi connectivity index (χ1n) is 6.76. The van der Waals surface area contributed by atoms with Crippen molar-refractivity contribution in [1.82, 2.24) is 4.90 Å². The van der Waals surface area contributed by atoms with Crippen LogP contribution in [-0.2, 0) is 4.79 Å². The van der Waals surface area contributed by atoms with Gasteiger partial charge >= 0.3 is 0 Å². The predicted molar refractivity (Wildman–Crippen MR) is 78.1 cm³/mol. The average molecular weight is 261 g/mol. The van der Waals surface area contributed by atoms with Crippen LogP contribution in [0.25, 0.3) is 0 Å². The van der Waals surface area contributed by atoms with Gasteiger partial charge in [-0.1, -0.05) is 12.1 Å². The van der Waals surface area contributed by atoms with E-state index < -0.39 is 0 Å². The third-order valence-corrected chi connectivity index (χ3v) is 3.71. The number of likely N-dealkylation sites (tertiary alicyclic amines) is 1. The maximum Gasteiger partial charge on any atom is 0.225 e. The number of nitrogens with zero attached hydrogens (tertiary/aromatic N) is 2. The number of amides is 1. The first kappa shape index (κ1) is 13.9. The zero-order valence-corrected chi connectivity index (χ0v) is 12.1. The molecule has 2 atom stereocenters. The Morgan fingerprint density at radius 2 is 1.84 bits per heavy atom. The van der Waals surface area contributed by atoms with E-state index in [1.165, 1.54) is 0 Å². The van der Waals surface area contributed by atoms with Gasteiger partial charge in [-0.05, 0) is 31.5 Å². The van der Waals surface area contributed by atoms with Crippen LogP contribution in [0.3, 0.4) is 0 Å². The highest BCUT2D eigenvalue weighted by molar-refractivity contribution is 5.80. The zero-order chi connectivity index (χ0) is 14.2. The van der Waals surface area contributed by atoms with Crippen LogP contribution in [0.4, 0.5) is 5.69 Å². The van der Waals surface area contributed by atoms with Gasteiger partial charge in [-0.3, -0.25) is 4.79 Å². The third kappa shape index (κ3) is 2.59. The minimum Gasteiger partial charge on any atom is -0.378 e. The van der Waals surface area contributed by atoms with E-state index in [2.05, 4.69) is 29.2 Å². The molecule has 1 aromatic rings. The lowest BCUT2D eigenvalue weighted by atomic mass is 9.99. The molecule has 0 radical (unpaired) electrons. The molecule has 0 saturated carbocycles. The van der Waals surface area contributed by atoms with Crippen LogP contribution in [0.1, 0.15) is 31.9 Å². The van der Waals surface area contributed by atoms with Crippen molar-refractivity contribution in [1.29, 1.82) is 0 Å². The summed E-state index contributed by atoms with van der Waals surface area (Å²) in [6.07, 6.45) is 0.443. The number of benzene rings is 1. The molecule has 0 spiro atoms. The molecular weight excluding hydrogens is 238 g/mol. The molecule has 4 heteroatoms. The highest BCUT2D eigenvalue weighted by Crippen LogP contribution is 2.34. The quantitative estimate of drug-likeness (QED) is 0.902. The maximum absolute atomic E-state index is 12.0. The minimum absolute atomic E-state index is 0.00344. The molecule has 0 aromatic heterocycles. The monoisotopic (exact) mass is 261 g/mol. The van der Waals surface area contributed by atoms with Gasteiger partial charge in [-0.15, -0.1) is 0 Å². The van der Waals surface area contributed by atoms with Crippen molar-refractivity contribution in [2.45, 2.75) is 38.4 Å². The largest absolute Gasteiger partial charge is 0.378 e. The number of rotatable bonds is 3. The molecule has 2 unspecified atom stereocenters. The second-order valence-corrected chi connectivity index (χ2v) is 5.69. The molecule has 2 rings (SSSR count). The summed E-state index contributed by atoms with van der Waals surface area (Å²) in [5.74, 6) is 0.157. The number of nitrogens with two attached hydrogens (primary N) is 1. The molecule has 1 aromatic carbocycles. The lowest BCUT2D eigenvalue weighted by molar-refractivity contribution is -0.130. The van der Waals surface area contributed by atoms with Crippen molar-refractivity contribution >= 4 is 11.6 Å². The summed E-state index contributed by atoms with van der Waals surface area (Å²) in [7, 11) is 4.03. The van der Waals surface area contributed by atoms with E-state index in [-0.39, 0.29) is 24.0 Å². The number of hydrogen-bond acceptors (Lipinski definition) is 3. The molecule has 1 saturated heterocycles. The van der Waals surface area contributed by atoms with Gasteiger partial charge in [0.05, 0.1) is 6.04 Å². The first-order chi connectivity index (χ1) is 8.91. The Kier molecular flexibility index (Phi) is 3.80. The van der Waals surface area contributed by atoms with Gasteiger partial charge in [0.1, 0.15) is 0 Å². The fourth-order valence-corrected chi connectivity index (χ4v) is 2.77. The number of hydrogen-bond donors (Lipinski definition) is 1. The van der Waals surface area contributed by atoms with E-state index in [0.29, 0.717) is 6.42 Å². The Morgan fingerprint density at radius 3 is 2.32 bits per heavy atom. The van der Waals surface area contributed by atoms with Gasteiger partial charge in [0.2, 0.25) is 5.91 Å². The van der Waals surface area contributed by atoms with Crippen LogP contribution in [0.2, 0.25) is 0 Å². The van der Waals surface area contributed by atoms with Crippen LogP contribution in [0, 0.1) is 0 Å². The Bertz CT molecular complexity index is 453. The van der Waals surface area contributed by atoms with Crippen molar-refractivity contribution in [2.24, 2.45) is 5.73 Å². The van der Waals surface area contributed by atoms with Crippen LogP contribution < -0.4 is 10.6 Å². The maximum atomic E-state index is 12.0. The third-order valence-electron chi connectivity index (χ3n) is 3.71. The number of carbonyl (C=O) groups excluding carboxylic acids is 1. The van der Waals surface area contributed by atoms with Crippen molar-refractivity contribution in [2.75, 3.05) is 19.0 Å². The predicted octanol–water partition coefficient (Wildman–Crippen LogP) is 1.76. The Morgan fingerprint density at radius 1 is 1.26 bits per heavy atom. The number of anilines is 1. The van der Waals surface area contributed by atoms with Gasteiger partial charge in [-0.25, -0.2) is 0 Å². The molecule has 19 heavy (non-hydrogen) atoms. The van der Waals surface area contributed by atoms with Crippen LogP contribution >= 0.6 is 0 Å². The Balaban J connectivity index is 2.30. The molecule has 1 aliphatic rings. The molecule has 1 heterocycles.